The Morgan fingerprint density at radius 2 is 0.755 bits per heavy atom. The first kappa shape index (κ1) is 30.8. The van der Waals surface area contributed by atoms with Gasteiger partial charge >= 0.3 is 0 Å². The van der Waals surface area contributed by atoms with Crippen LogP contribution in [0.5, 0.6) is 0 Å². The normalized spacial score (nSPS) is 11.4. The molecule has 0 aromatic heterocycles. The van der Waals surface area contributed by atoms with E-state index in [2.05, 4.69) is 217 Å². The highest BCUT2D eigenvalue weighted by atomic mass is 15.1. The van der Waals surface area contributed by atoms with Gasteiger partial charge in [0, 0.05) is 17.1 Å². The van der Waals surface area contributed by atoms with Gasteiger partial charge < -0.3 is 4.90 Å². The van der Waals surface area contributed by atoms with E-state index in [1.807, 2.05) is 0 Å². The molecule has 0 heterocycles. The molecule has 0 unspecified atom stereocenters. The lowest BCUT2D eigenvalue weighted by Crippen LogP contribution is -2.10. The summed E-state index contributed by atoms with van der Waals surface area (Å²) in [6, 6.07) is 77.2. The predicted octanol–water partition coefficient (Wildman–Crippen LogP) is 14.8. The molecule has 10 aromatic carbocycles. The van der Waals surface area contributed by atoms with Crippen LogP contribution >= 0.6 is 0 Å². The first-order chi connectivity index (χ1) is 26.3. The molecule has 0 radical (unpaired) electrons. The molecule has 0 aliphatic carbocycles. The van der Waals surface area contributed by atoms with E-state index >= 15 is 0 Å². The van der Waals surface area contributed by atoms with Crippen molar-refractivity contribution >= 4 is 60.2 Å². The maximum absolute atomic E-state index is 2.36. The highest BCUT2D eigenvalue weighted by Gasteiger charge is 2.15. The number of nitrogens with zero attached hydrogens (tertiary/aromatic N) is 1. The monoisotopic (exact) mass is 673 g/mol. The van der Waals surface area contributed by atoms with Crippen LogP contribution in [0, 0.1) is 0 Å². The van der Waals surface area contributed by atoms with Crippen LogP contribution in [0.3, 0.4) is 0 Å². The van der Waals surface area contributed by atoms with Crippen molar-refractivity contribution in [1.82, 2.24) is 0 Å². The van der Waals surface area contributed by atoms with E-state index in [1.54, 1.807) is 0 Å². The second kappa shape index (κ2) is 13.0. The third-order valence-electron chi connectivity index (χ3n) is 10.6. The van der Waals surface area contributed by atoms with Gasteiger partial charge in [-0.05, 0) is 119 Å². The molecule has 0 atom stereocenters. The van der Waals surface area contributed by atoms with Crippen molar-refractivity contribution in [2.45, 2.75) is 0 Å². The Labute approximate surface area is 309 Å². The van der Waals surface area contributed by atoms with Crippen LogP contribution in [0.15, 0.2) is 212 Å². The van der Waals surface area contributed by atoms with Crippen LogP contribution in [0.4, 0.5) is 17.1 Å². The molecule has 0 spiro atoms. The number of anilines is 3. The van der Waals surface area contributed by atoms with Crippen LogP contribution in [0.1, 0.15) is 0 Å². The lowest BCUT2D eigenvalue weighted by Gasteiger charge is -2.26. The Kier molecular flexibility index (Phi) is 7.55. The van der Waals surface area contributed by atoms with Crippen molar-refractivity contribution in [3.63, 3.8) is 0 Å². The zero-order valence-corrected chi connectivity index (χ0v) is 29.2. The van der Waals surface area contributed by atoms with Gasteiger partial charge in [0.2, 0.25) is 0 Å². The highest BCUT2D eigenvalue weighted by Crippen LogP contribution is 2.40. The molecular formula is C52H35N. The molecule has 10 rings (SSSR count). The summed E-state index contributed by atoms with van der Waals surface area (Å²) in [6.45, 7) is 0. The summed E-state index contributed by atoms with van der Waals surface area (Å²) in [6.07, 6.45) is 0. The summed E-state index contributed by atoms with van der Waals surface area (Å²) < 4.78 is 0. The van der Waals surface area contributed by atoms with Gasteiger partial charge in [-0.1, -0.05) is 170 Å². The summed E-state index contributed by atoms with van der Waals surface area (Å²) in [5.41, 5.74) is 10.6. The van der Waals surface area contributed by atoms with Gasteiger partial charge in [0.15, 0.2) is 0 Å². The van der Waals surface area contributed by atoms with E-state index in [4.69, 9.17) is 0 Å². The molecule has 0 fully saturated rings. The second-order valence-electron chi connectivity index (χ2n) is 13.8. The quantitative estimate of drug-likeness (QED) is 0.159. The molecule has 53 heavy (non-hydrogen) atoms. The molecule has 0 amide bonds. The lowest BCUT2D eigenvalue weighted by atomic mass is 9.94. The number of hydrogen-bond acceptors (Lipinski definition) is 1. The van der Waals surface area contributed by atoms with Crippen LogP contribution in [0.2, 0.25) is 0 Å². The van der Waals surface area contributed by atoms with Gasteiger partial charge in [-0.15, -0.1) is 0 Å². The molecular weight excluding hydrogens is 639 g/mol. The number of rotatable bonds is 6. The van der Waals surface area contributed by atoms with Crippen molar-refractivity contribution in [2.75, 3.05) is 4.90 Å². The highest BCUT2D eigenvalue weighted by molar-refractivity contribution is 6.20. The van der Waals surface area contributed by atoms with Gasteiger partial charge in [0.25, 0.3) is 0 Å². The van der Waals surface area contributed by atoms with E-state index in [-0.39, 0.29) is 0 Å². The fraction of sp³-hybridized carbons (Fsp3) is 0. The van der Waals surface area contributed by atoms with E-state index in [0.717, 1.165) is 17.1 Å². The predicted molar refractivity (Wildman–Crippen MR) is 227 cm³/mol. The molecule has 1 heteroatoms. The molecule has 0 aliphatic heterocycles. The maximum atomic E-state index is 2.36. The van der Waals surface area contributed by atoms with Gasteiger partial charge in [0.05, 0.1) is 0 Å². The van der Waals surface area contributed by atoms with Gasteiger partial charge in [-0.3, -0.25) is 0 Å². The molecule has 0 aliphatic rings. The molecule has 0 saturated heterocycles. The summed E-state index contributed by atoms with van der Waals surface area (Å²) in [5, 5.41) is 10.2. The molecule has 248 valence electrons. The maximum Gasteiger partial charge on any atom is 0.0467 e. The molecule has 0 saturated carbocycles. The topological polar surface area (TPSA) is 3.24 Å². The van der Waals surface area contributed by atoms with Crippen LogP contribution < -0.4 is 4.90 Å². The van der Waals surface area contributed by atoms with E-state index in [9.17, 15) is 0 Å². The van der Waals surface area contributed by atoms with Crippen molar-refractivity contribution in [2.24, 2.45) is 0 Å². The van der Waals surface area contributed by atoms with E-state index < -0.39 is 0 Å². The Balaban J connectivity index is 1.05. The summed E-state index contributed by atoms with van der Waals surface area (Å²) in [4.78, 5) is 2.36. The van der Waals surface area contributed by atoms with Gasteiger partial charge in [-0.2, -0.15) is 0 Å². The van der Waals surface area contributed by atoms with Crippen LogP contribution in [0.25, 0.3) is 76.5 Å². The molecule has 10 aromatic rings. The standard InChI is InChI=1S/C52H35N/c1-2-10-36(11-3-1)42-15-8-16-47(35-42)53(46-31-26-40(27-32-46)49-19-9-14-38-12-4-6-17-48(38)49)45-29-24-37(25-30-45)43-28-33-51-44(34-43)23-22-41-21-20-39-13-5-7-18-50(39)52(41)51/h1-35H. The fourth-order valence-electron chi connectivity index (χ4n) is 7.99. The minimum atomic E-state index is 1.11. The van der Waals surface area contributed by atoms with E-state index in [1.165, 1.54) is 76.5 Å². The van der Waals surface area contributed by atoms with Crippen molar-refractivity contribution in [3.05, 3.63) is 212 Å². The third kappa shape index (κ3) is 5.60. The zero-order chi connectivity index (χ0) is 35.1. The Hall–Kier alpha value is -6.96. The minimum Gasteiger partial charge on any atom is -0.310 e. The molecule has 0 N–H and O–H groups in total. The largest absolute Gasteiger partial charge is 0.310 e. The average Bonchev–Trinajstić information content (AvgIpc) is 3.24. The Morgan fingerprint density at radius 3 is 1.53 bits per heavy atom. The van der Waals surface area contributed by atoms with Crippen LogP contribution in [-0.2, 0) is 0 Å². The Morgan fingerprint density at radius 1 is 0.245 bits per heavy atom. The zero-order valence-electron chi connectivity index (χ0n) is 29.2. The third-order valence-corrected chi connectivity index (χ3v) is 10.6. The van der Waals surface area contributed by atoms with Crippen LogP contribution in [-0.4, -0.2) is 0 Å². The van der Waals surface area contributed by atoms with E-state index in [0.29, 0.717) is 0 Å². The summed E-state index contributed by atoms with van der Waals surface area (Å²) >= 11 is 0. The number of benzene rings is 10. The number of fused-ring (bicyclic) bond motifs is 6. The molecule has 1 nitrogen and oxygen atoms in total. The first-order valence-electron chi connectivity index (χ1n) is 18.3. The lowest BCUT2D eigenvalue weighted by molar-refractivity contribution is 1.28. The summed E-state index contributed by atoms with van der Waals surface area (Å²) in [7, 11) is 0. The van der Waals surface area contributed by atoms with Crippen molar-refractivity contribution < 1.29 is 0 Å². The van der Waals surface area contributed by atoms with Gasteiger partial charge in [-0.25, -0.2) is 0 Å². The Bertz CT molecular complexity index is 2920. The van der Waals surface area contributed by atoms with Crippen molar-refractivity contribution in [3.8, 4) is 33.4 Å². The number of hydrogen-bond donors (Lipinski definition) is 0. The first-order valence-corrected chi connectivity index (χ1v) is 18.3. The second-order valence-corrected chi connectivity index (χ2v) is 13.8. The summed E-state index contributed by atoms with van der Waals surface area (Å²) in [5.74, 6) is 0. The van der Waals surface area contributed by atoms with Crippen molar-refractivity contribution in [1.29, 1.82) is 0 Å². The SMILES string of the molecule is c1ccc(-c2cccc(N(c3ccc(-c4ccc5c(ccc6ccc7ccccc7c65)c4)cc3)c3ccc(-c4cccc5ccccc45)cc3)c2)cc1. The fourth-order valence-corrected chi connectivity index (χ4v) is 7.99. The minimum absolute atomic E-state index is 1.11. The van der Waals surface area contributed by atoms with Gasteiger partial charge in [0.1, 0.15) is 0 Å². The smallest absolute Gasteiger partial charge is 0.0467 e. The molecule has 0 bridgehead atoms. The average molecular weight is 674 g/mol.